The largest absolute Gasteiger partial charge is 0.505 e. The zero-order valence-corrected chi connectivity index (χ0v) is 6.42. The van der Waals surface area contributed by atoms with E-state index in [4.69, 9.17) is 9.52 Å². The number of aliphatic hydroxyl groups is 1. The van der Waals surface area contributed by atoms with Crippen LogP contribution >= 0.6 is 0 Å². The fourth-order valence-corrected chi connectivity index (χ4v) is 0.911. The standard InChI is InChI=1S/C9H10O2/c1-4-8-5-6(2)11-9(8)7(3)10/h4-5,10H,1,3H2,2H3. The van der Waals surface area contributed by atoms with E-state index in [9.17, 15) is 0 Å². The van der Waals surface area contributed by atoms with Crippen LogP contribution in [-0.4, -0.2) is 5.11 Å². The first kappa shape index (κ1) is 7.66. The molecule has 0 unspecified atom stereocenters. The van der Waals surface area contributed by atoms with Gasteiger partial charge >= 0.3 is 0 Å². The maximum Gasteiger partial charge on any atom is 0.175 e. The van der Waals surface area contributed by atoms with E-state index in [-0.39, 0.29) is 5.76 Å². The smallest absolute Gasteiger partial charge is 0.175 e. The van der Waals surface area contributed by atoms with Gasteiger partial charge in [-0.2, -0.15) is 0 Å². The molecule has 0 amide bonds. The highest BCUT2D eigenvalue weighted by Crippen LogP contribution is 2.20. The minimum atomic E-state index is -0.0620. The Morgan fingerprint density at radius 3 is 2.73 bits per heavy atom. The number of hydrogen-bond acceptors (Lipinski definition) is 2. The first-order valence-corrected chi connectivity index (χ1v) is 3.26. The number of furan rings is 1. The summed E-state index contributed by atoms with van der Waals surface area (Å²) in [4.78, 5) is 0. The van der Waals surface area contributed by atoms with Crippen LogP contribution in [0.3, 0.4) is 0 Å². The van der Waals surface area contributed by atoms with Crippen molar-refractivity contribution in [1.82, 2.24) is 0 Å². The second-order valence-electron chi connectivity index (χ2n) is 2.29. The van der Waals surface area contributed by atoms with Gasteiger partial charge in [-0.25, -0.2) is 0 Å². The first-order valence-electron chi connectivity index (χ1n) is 3.26. The van der Waals surface area contributed by atoms with Crippen LogP contribution < -0.4 is 0 Å². The van der Waals surface area contributed by atoms with Crippen molar-refractivity contribution < 1.29 is 9.52 Å². The van der Waals surface area contributed by atoms with Gasteiger partial charge in [0.25, 0.3) is 0 Å². The van der Waals surface area contributed by atoms with Gasteiger partial charge in [0.05, 0.1) is 0 Å². The second-order valence-corrected chi connectivity index (χ2v) is 2.29. The molecule has 2 heteroatoms. The molecule has 0 aliphatic carbocycles. The number of hydrogen-bond donors (Lipinski definition) is 1. The molecular weight excluding hydrogens is 140 g/mol. The van der Waals surface area contributed by atoms with Crippen LogP contribution in [0.1, 0.15) is 17.1 Å². The van der Waals surface area contributed by atoms with Crippen LogP contribution in [-0.2, 0) is 0 Å². The predicted molar refractivity (Wildman–Crippen MR) is 45.2 cm³/mol. The lowest BCUT2D eigenvalue weighted by Gasteiger charge is -1.92. The topological polar surface area (TPSA) is 33.4 Å². The van der Waals surface area contributed by atoms with Gasteiger partial charge in [-0.3, -0.25) is 0 Å². The summed E-state index contributed by atoms with van der Waals surface area (Å²) in [5, 5.41) is 9.01. The summed E-state index contributed by atoms with van der Waals surface area (Å²) in [5.41, 5.74) is 0.773. The fourth-order valence-electron chi connectivity index (χ4n) is 0.911. The van der Waals surface area contributed by atoms with E-state index < -0.39 is 0 Å². The zero-order valence-electron chi connectivity index (χ0n) is 6.42. The second kappa shape index (κ2) is 2.66. The molecule has 0 bridgehead atoms. The molecule has 2 nitrogen and oxygen atoms in total. The molecule has 0 spiro atoms. The highest BCUT2D eigenvalue weighted by Gasteiger charge is 2.07. The van der Waals surface area contributed by atoms with Gasteiger partial charge in [0.1, 0.15) is 5.76 Å². The lowest BCUT2D eigenvalue weighted by Crippen LogP contribution is -1.78. The molecular formula is C9H10O2. The summed E-state index contributed by atoms with van der Waals surface area (Å²) in [6.07, 6.45) is 1.62. The number of aliphatic hydroxyl groups excluding tert-OH is 1. The molecule has 0 fully saturated rings. The highest BCUT2D eigenvalue weighted by atomic mass is 16.4. The molecule has 0 atom stereocenters. The van der Waals surface area contributed by atoms with Crippen molar-refractivity contribution in [2.75, 3.05) is 0 Å². The zero-order chi connectivity index (χ0) is 8.43. The number of rotatable bonds is 2. The van der Waals surface area contributed by atoms with Crippen LogP contribution in [0.25, 0.3) is 11.8 Å². The summed E-state index contributed by atoms with van der Waals surface area (Å²) in [6.45, 7) is 8.74. The Morgan fingerprint density at radius 2 is 2.36 bits per heavy atom. The summed E-state index contributed by atoms with van der Waals surface area (Å²) in [5.74, 6) is 1.08. The molecule has 11 heavy (non-hydrogen) atoms. The average Bonchev–Trinajstić information content (AvgIpc) is 2.30. The van der Waals surface area contributed by atoms with Gasteiger partial charge < -0.3 is 9.52 Å². The molecule has 1 N–H and O–H groups in total. The van der Waals surface area contributed by atoms with Crippen molar-refractivity contribution in [1.29, 1.82) is 0 Å². The summed E-state index contributed by atoms with van der Waals surface area (Å²) < 4.78 is 5.15. The van der Waals surface area contributed by atoms with E-state index in [1.54, 1.807) is 19.1 Å². The molecule has 1 heterocycles. The minimum Gasteiger partial charge on any atom is -0.505 e. The molecule has 0 saturated heterocycles. The highest BCUT2D eigenvalue weighted by molar-refractivity contribution is 5.64. The Kier molecular flexibility index (Phi) is 1.85. The van der Waals surface area contributed by atoms with Crippen LogP contribution in [0.5, 0.6) is 0 Å². The molecule has 0 radical (unpaired) electrons. The number of aryl methyl sites for hydroxylation is 1. The summed E-state index contributed by atoms with van der Waals surface area (Å²) >= 11 is 0. The molecule has 0 aliphatic heterocycles. The van der Waals surface area contributed by atoms with Crippen molar-refractivity contribution in [3.8, 4) is 0 Å². The van der Waals surface area contributed by atoms with E-state index in [0.29, 0.717) is 5.76 Å². The predicted octanol–water partition coefficient (Wildman–Crippen LogP) is 2.76. The molecule has 58 valence electrons. The van der Waals surface area contributed by atoms with E-state index in [1.807, 2.05) is 0 Å². The van der Waals surface area contributed by atoms with Crippen LogP contribution in [0.4, 0.5) is 0 Å². The van der Waals surface area contributed by atoms with Crippen molar-refractivity contribution in [2.24, 2.45) is 0 Å². The Labute approximate surface area is 65.5 Å². The normalized spacial score (nSPS) is 9.55. The molecule has 0 saturated carbocycles. The fraction of sp³-hybridized carbons (Fsp3) is 0.111. The third-order valence-corrected chi connectivity index (χ3v) is 1.37. The Balaban J connectivity index is 3.22. The lowest BCUT2D eigenvalue weighted by molar-refractivity contribution is 0.449. The van der Waals surface area contributed by atoms with Crippen molar-refractivity contribution in [3.63, 3.8) is 0 Å². The van der Waals surface area contributed by atoms with E-state index >= 15 is 0 Å². The molecule has 0 aliphatic rings. The quantitative estimate of drug-likeness (QED) is 0.657. The van der Waals surface area contributed by atoms with E-state index in [0.717, 1.165) is 11.3 Å². The van der Waals surface area contributed by atoms with Gasteiger partial charge in [-0.15, -0.1) is 0 Å². The third kappa shape index (κ3) is 1.34. The molecule has 0 aromatic carbocycles. The Morgan fingerprint density at radius 1 is 1.73 bits per heavy atom. The molecule has 1 rings (SSSR count). The summed E-state index contributed by atoms with van der Waals surface area (Å²) in [6, 6.07) is 1.80. The summed E-state index contributed by atoms with van der Waals surface area (Å²) in [7, 11) is 0. The SMILES string of the molecule is C=Cc1cc(C)oc1C(=C)O. The van der Waals surface area contributed by atoms with Crippen molar-refractivity contribution in [2.45, 2.75) is 6.92 Å². The average molecular weight is 150 g/mol. The van der Waals surface area contributed by atoms with Gasteiger partial charge in [-0.05, 0) is 13.0 Å². The van der Waals surface area contributed by atoms with Crippen LogP contribution in [0, 0.1) is 6.92 Å². The maximum atomic E-state index is 9.01. The van der Waals surface area contributed by atoms with Crippen molar-refractivity contribution >= 4 is 11.8 Å². The first-order chi connectivity index (χ1) is 5.15. The lowest BCUT2D eigenvalue weighted by atomic mass is 10.2. The minimum absolute atomic E-state index is 0.0620. The van der Waals surface area contributed by atoms with Gasteiger partial charge in [0.2, 0.25) is 0 Å². The van der Waals surface area contributed by atoms with Gasteiger partial charge in [-0.1, -0.05) is 19.2 Å². The molecule has 1 aromatic heterocycles. The van der Waals surface area contributed by atoms with Crippen molar-refractivity contribution in [3.05, 3.63) is 36.3 Å². The van der Waals surface area contributed by atoms with Gasteiger partial charge in [0, 0.05) is 5.56 Å². The molecule has 1 aromatic rings. The maximum absolute atomic E-state index is 9.01. The monoisotopic (exact) mass is 150 g/mol. The van der Waals surface area contributed by atoms with E-state index in [2.05, 4.69) is 13.2 Å². The Bertz CT molecular complexity index is 295. The van der Waals surface area contributed by atoms with E-state index in [1.165, 1.54) is 0 Å². The van der Waals surface area contributed by atoms with Gasteiger partial charge in [0.15, 0.2) is 11.5 Å². The van der Waals surface area contributed by atoms with Crippen LogP contribution in [0.15, 0.2) is 23.6 Å². The Hall–Kier alpha value is -1.44. The third-order valence-electron chi connectivity index (χ3n) is 1.37. The van der Waals surface area contributed by atoms with Crippen LogP contribution in [0.2, 0.25) is 0 Å².